The first kappa shape index (κ1) is 17.2. The lowest BCUT2D eigenvalue weighted by Crippen LogP contribution is -2.33. The lowest BCUT2D eigenvalue weighted by Gasteiger charge is -2.25. The van der Waals surface area contributed by atoms with Crippen molar-refractivity contribution in [3.63, 3.8) is 0 Å². The third-order valence-electron chi connectivity index (χ3n) is 1.69. The fourth-order valence-corrected chi connectivity index (χ4v) is 2.31. The summed E-state index contributed by atoms with van der Waals surface area (Å²) in [5.41, 5.74) is 0. The molecule has 0 saturated heterocycles. The van der Waals surface area contributed by atoms with Crippen LogP contribution in [0.2, 0.25) is 0 Å². The zero-order valence-electron chi connectivity index (χ0n) is 9.29. The SMILES string of the molecule is CC[C@H](OP(=O)(O)O)[C@H](COC)OP(=O)(O)O. The maximum atomic E-state index is 10.7. The Morgan fingerprint density at radius 2 is 1.41 bits per heavy atom. The molecule has 0 aromatic rings. The Hall–Kier alpha value is 0.180. The molecule has 0 spiro atoms. The standard InChI is InChI=1S/C6H16O9P2/c1-3-5(14-16(7,8)9)6(4-13-2)15-17(10,11)12/h5-6H,3-4H2,1-2H3,(H2,7,8,9)(H2,10,11,12)/t5-,6-/m0/s1. The highest BCUT2D eigenvalue weighted by molar-refractivity contribution is 7.46. The van der Waals surface area contributed by atoms with Crippen molar-refractivity contribution in [1.82, 2.24) is 0 Å². The fraction of sp³-hybridized carbons (Fsp3) is 1.00. The highest BCUT2D eigenvalue weighted by Gasteiger charge is 2.33. The summed E-state index contributed by atoms with van der Waals surface area (Å²) in [7, 11) is -8.32. The van der Waals surface area contributed by atoms with Crippen molar-refractivity contribution in [2.24, 2.45) is 0 Å². The van der Waals surface area contributed by atoms with Crippen LogP contribution in [-0.2, 0) is 22.9 Å². The molecule has 0 aromatic carbocycles. The van der Waals surface area contributed by atoms with E-state index >= 15 is 0 Å². The van der Waals surface area contributed by atoms with Crippen LogP contribution >= 0.6 is 15.6 Å². The Kier molecular flexibility index (Phi) is 7.01. The Balaban J connectivity index is 4.74. The van der Waals surface area contributed by atoms with Crippen LogP contribution in [0.25, 0.3) is 0 Å². The summed E-state index contributed by atoms with van der Waals surface area (Å²) < 4.78 is 34.7. The smallest absolute Gasteiger partial charge is 0.382 e. The van der Waals surface area contributed by atoms with Crippen LogP contribution in [0.4, 0.5) is 0 Å². The summed E-state index contributed by atoms with van der Waals surface area (Å²) >= 11 is 0. The van der Waals surface area contributed by atoms with Crippen molar-refractivity contribution in [1.29, 1.82) is 0 Å². The Bertz CT molecular complexity index is 307. The van der Waals surface area contributed by atoms with Crippen molar-refractivity contribution in [2.75, 3.05) is 13.7 Å². The van der Waals surface area contributed by atoms with E-state index in [1.807, 2.05) is 0 Å². The second-order valence-corrected chi connectivity index (χ2v) is 5.52. The number of ether oxygens (including phenoxy) is 1. The molecule has 2 atom stereocenters. The lowest BCUT2D eigenvalue weighted by molar-refractivity contribution is -0.0251. The van der Waals surface area contributed by atoms with Gasteiger partial charge in [-0.1, -0.05) is 6.92 Å². The molecule has 0 unspecified atom stereocenters. The summed E-state index contributed by atoms with van der Waals surface area (Å²) in [6.45, 7) is 1.25. The van der Waals surface area contributed by atoms with Crippen LogP contribution in [-0.4, -0.2) is 45.5 Å². The number of phosphoric ester groups is 2. The molecule has 0 saturated carbocycles. The summed E-state index contributed by atoms with van der Waals surface area (Å²) in [6.07, 6.45) is -2.39. The summed E-state index contributed by atoms with van der Waals surface area (Å²) in [5.74, 6) is 0. The predicted molar refractivity (Wildman–Crippen MR) is 56.0 cm³/mol. The molecule has 0 bridgehead atoms. The van der Waals surface area contributed by atoms with Gasteiger partial charge in [-0.3, -0.25) is 9.05 Å². The molecule has 0 aromatic heterocycles. The van der Waals surface area contributed by atoms with Gasteiger partial charge in [0, 0.05) is 7.11 Å². The summed E-state index contributed by atoms with van der Waals surface area (Å²) in [6, 6.07) is 0. The molecule has 0 fully saturated rings. The quantitative estimate of drug-likeness (QED) is 0.455. The monoisotopic (exact) mass is 294 g/mol. The minimum absolute atomic E-state index is 0.0825. The van der Waals surface area contributed by atoms with Crippen molar-refractivity contribution < 1.29 is 42.5 Å². The first-order valence-corrected chi connectivity index (χ1v) is 7.62. The van der Waals surface area contributed by atoms with Crippen molar-refractivity contribution >= 4 is 15.6 Å². The van der Waals surface area contributed by atoms with Gasteiger partial charge in [0.2, 0.25) is 0 Å². The zero-order valence-corrected chi connectivity index (χ0v) is 11.1. The van der Waals surface area contributed by atoms with Gasteiger partial charge in [0.05, 0.1) is 12.7 Å². The van der Waals surface area contributed by atoms with Gasteiger partial charge in [-0.25, -0.2) is 9.13 Å². The van der Waals surface area contributed by atoms with Gasteiger partial charge in [-0.05, 0) is 6.42 Å². The molecule has 4 N–H and O–H groups in total. The topological polar surface area (TPSA) is 143 Å². The van der Waals surface area contributed by atoms with Crippen LogP contribution in [0.1, 0.15) is 13.3 Å². The van der Waals surface area contributed by atoms with Gasteiger partial charge < -0.3 is 24.3 Å². The molecule has 104 valence electrons. The average Bonchev–Trinajstić information content (AvgIpc) is 2.10. The van der Waals surface area contributed by atoms with Crippen LogP contribution in [0.5, 0.6) is 0 Å². The van der Waals surface area contributed by atoms with E-state index in [-0.39, 0.29) is 13.0 Å². The number of hydrogen-bond acceptors (Lipinski definition) is 5. The van der Waals surface area contributed by atoms with Crippen molar-refractivity contribution in [3.8, 4) is 0 Å². The van der Waals surface area contributed by atoms with E-state index in [2.05, 4.69) is 13.8 Å². The molecule has 11 heteroatoms. The van der Waals surface area contributed by atoms with E-state index in [0.29, 0.717) is 0 Å². The Morgan fingerprint density at radius 1 is 1.00 bits per heavy atom. The van der Waals surface area contributed by atoms with E-state index in [1.165, 1.54) is 14.0 Å². The van der Waals surface area contributed by atoms with Gasteiger partial charge in [-0.2, -0.15) is 0 Å². The zero-order chi connectivity index (χ0) is 13.7. The third kappa shape index (κ3) is 8.84. The summed E-state index contributed by atoms with van der Waals surface area (Å²) in [5, 5.41) is 0. The van der Waals surface area contributed by atoms with E-state index in [9.17, 15) is 9.13 Å². The third-order valence-corrected chi connectivity index (χ3v) is 2.78. The van der Waals surface area contributed by atoms with Gasteiger partial charge in [0.25, 0.3) is 0 Å². The van der Waals surface area contributed by atoms with Crippen molar-refractivity contribution in [3.05, 3.63) is 0 Å². The van der Waals surface area contributed by atoms with Crippen LogP contribution < -0.4 is 0 Å². The molecule has 0 radical (unpaired) electrons. The minimum atomic E-state index is -4.80. The van der Waals surface area contributed by atoms with E-state index in [4.69, 9.17) is 19.6 Å². The maximum Gasteiger partial charge on any atom is 0.470 e. The molecule has 9 nitrogen and oxygen atoms in total. The number of methoxy groups -OCH3 is 1. The van der Waals surface area contributed by atoms with Crippen LogP contribution in [0, 0.1) is 0 Å². The Morgan fingerprint density at radius 3 is 1.71 bits per heavy atom. The molecule has 0 aliphatic rings. The normalized spacial score (nSPS) is 16.8. The molecule has 0 amide bonds. The van der Waals surface area contributed by atoms with Gasteiger partial charge in [0.1, 0.15) is 6.10 Å². The Labute approximate surface area is 98.2 Å². The number of rotatable bonds is 8. The average molecular weight is 294 g/mol. The van der Waals surface area contributed by atoms with Crippen LogP contribution in [0.15, 0.2) is 0 Å². The highest BCUT2D eigenvalue weighted by Crippen LogP contribution is 2.43. The highest BCUT2D eigenvalue weighted by atomic mass is 31.2. The molecule has 0 aliphatic heterocycles. The molecule has 0 aliphatic carbocycles. The fourth-order valence-electron chi connectivity index (χ4n) is 1.13. The lowest BCUT2D eigenvalue weighted by atomic mass is 10.2. The predicted octanol–water partition coefficient (Wildman–Crippen LogP) is -0.00140. The second kappa shape index (κ2) is 6.94. The molecule has 0 heterocycles. The first-order chi connectivity index (χ1) is 7.59. The molecule has 17 heavy (non-hydrogen) atoms. The number of phosphoric acid groups is 2. The van der Waals surface area contributed by atoms with Gasteiger partial charge in [0.15, 0.2) is 0 Å². The van der Waals surface area contributed by atoms with E-state index in [0.717, 1.165) is 0 Å². The van der Waals surface area contributed by atoms with Gasteiger partial charge in [-0.15, -0.1) is 0 Å². The van der Waals surface area contributed by atoms with E-state index < -0.39 is 27.9 Å². The molecular formula is C6H16O9P2. The minimum Gasteiger partial charge on any atom is -0.382 e. The van der Waals surface area contributed by atoms with Gasteiger partial charge >= 0.3 is 15.6 Å². The largest absolute Gasteiger partial charge is 0.470 e. The van der Waals surface area contributed by atoms with Crippen LogP contribution in [0.3, 0.4) is 0 Å². The number of hydrogen-bond donors (Lipinski definition) is 4. The maximum absolute atomic E-state index is 10.7. The van der Waals surface area contributed by atoms with Crippen molar-refractivity contribution in [2.45, 2.75) is 25.6 Å². The van der Waals surface area contributed by atoms with E-state index in [1.54, 1.807) is 0 Å². The first-order valence-electron chi connectivity index (χ1n) is 4.56. The molecular weight excluding hydrogens is 278 g/mol. The second-order valence-electron chi connectivity index (χ2n) is 3.13. The summed E-state index contributed by atoms with van der Waals surface area (Å²) in [4.78, 5) is 34.5. The molecule has 0 rings (SSSR count).